The minimum Gasteiger partial charge on any atom is -0.490 e. The third-order valence-corrected chi connectivity index (χ3v) is 5.12. The third kappa shape index (κ3) is 6.74. The highest BCUT2D eigenvalue weighted by Gasteiger charge is 2.29. The van der Waals surface area contributed by atoms with Crippen LogP contribution in [0.2, 0.25) is 0 Å². The molecule has 0 aromatic heterocycles. The van der Waals surface area contributed by atoms with Crippen LogP contribution in [0.5, 0.6) is 11.5 Å². The number of halogens is 4. The van der Waals surface area contributed by atoms with E-state index in [-0.39, 0.29) is 12.2 Å². The lowest BCUT2D eigenvalue weighted by Gasteiger charge is -2.15. The number of hydrogen-bond donors (Lipinski definition) is 2. The minimum absolute atomic E-state index is 0.188. The minimum atomic E-state index is -4.39. The zero-order valence-corrected chi connectivity index (χ0v) is 19.5. The van der Waals surface area contributed by atoms with E-state index in [1.54, 1.807) is 24.3 Å². The topological polar surface area (TPSA) is 80.1 Å². The Morgan fingerprint density at radius 2 is 1.76 bits per heavy atom. The van der Waals surface area contributed by atoms with Gasteiger partial charge in [0.1, 0.15) is 6.61 Å². The maximum Gasteiger partial charge on any atom is 0.416 e. The molecule has 3 aromatic rings. The summed E-state index contributed by atoms with van der Waals surface area (Å²) in [5.41, 5.74) is 3.99. The number of rotatable bonds is 9. The number of hydrazone groups is 1. The molecule has 0 saturated carbocycles. The van der Waals surface area contributed by atoms with Crippen LogP contribution in [0.4, 0.5) is 18.9 Å². The molecule has 0 spiro atoms. The molecule has 6 nitrogen and oxygen atoms in total. The predicted molar refractivity (Wildman–Crippen MR) is 126 cm³/mol. The van der Waals surface area contributed by atoms with Gasteiger partial charge in [-0.3, -0.25) is 5.43 Å². The van der Waals surface area contributed by atoms with Gasteiger partial charge >= 0.3 is 12.1 Å². The lowest BCUT2D eigenvalue weighted by Crippen LogP contribution is -2.04. The zero-order valence-electron chi connectivity index (χ0n) is 17.9. The molecule has 3 aromatic carbocycles. The molecule has 10 heteroatoms. The number of alkyl halides is 3. The number of ether oxygens (including phenoxy) is 2. The van der Waals surface area contributed by atoms with Gasteiger partial charge in [0.2, 0.25) is 0 Å². The number of nitrogens with one attached hydrogen (secondary N) is 1. The summed E-state index contributed by atoms with van der Waals surface area (Å²) in [4.78, 5) is 11.0. The van der Waals surface area contributed by atoms with Crippen LogP contribution in [0, 0.1) is 0 Å². The number of carboxylic acid groups (broad SMARTS) is 1. The molecule has 178 valence electrons. The van der Waals surface area contributed by atoms with Gasteiger partial charge in [-0.2, -0.15) is 18.3 Å². The Hall–Kier alpha value is -3.53. The average molecular weight is 537 g/mol. The molecule has 0 atom stereocenters. The summed E-state index contributed by atoms with van der Waals surface area (Å²) in [6.07, 6.45) is -2.89. The van der Waals surface area contributed by atoms with Crippen LogP contribution in [-0.4, -0.2) is 23.9 Å². The van der Waals surface area contributed by atoms with Crippen LogP contribution in [0.25, 0.3) is 0 Å². The SMILES string of the molecule is CCOc1cc(/C=N/Nc2ccc(C(F)(F)F)cc2)cc(Br)c1OCc1ccc(C(=O)O)cc1. The Morgan fingerprint density at radius 3 is 2.35 bits per heavy atom. The fourth-order valence-electron chi connectivity index (χ4n) is 2.88. The smallest absolute Gasteiger partial charge is 0.416 e. The number of aromatic carboxylic acids is 1. The molecular formula is C24H20BrF3N2O4. The first-order chi connectivity index (χ1) is 16.2. The van der Waals surface area contributed by atoms with Crippen molar-refractivity contribution in [1.29, 1.82) is 0 Å². The fourth-order valence-corrected chi connectivity index (χ4v) is 3.45. The van der Waals surface area contributed by atoms with Crippen LogP contribution in [0.15, 0.2) is 70.2 Å². The number of benzene rings is 3. The van der Waals surface area contributed by atoms with Crippen LogP contribution in [0.1, 0.15) is 34.0 Å². The lowest BCUT2D eigenvalue weighted by molar-refractivity contribution is -0.137. The zero-order chi connectivity index (χ0) is 24.7. The van der Waals surface area contributed by atoms with Gasteiger partial charge < -0.3 is 14.6 Å². The van der Waals surface area contributed by atoms with Crippen molar-refractivity contribution in [1.82, 2.24) is 0 Å². The van der Waals surface area contributed by atoms with E-state index in [1.165, 1.54) is 30.5 Å². The van der Waals surface area contributed by atoms with E-state index in [4.69, 9.17) is 14.6 Å². The fraction of sp³-hybridized carbons (Fsp3) is 0.167. The van der Waals surface area contributed by atoms with E-state index in [9.17, 15) is 18.0 Å². The van der Waals surface area contributed by atoms with Crippen molar-refractivity contribution in [2.75, 3.05) is 12.0 Å². The lowest BCUT2D eigenvalue weighted by atomic mass is 10.1. The van der Waals surface area contributed by atoms with Gasteiger partial charge in [-0.25, -0.2) is 4.79 Å². The molecule has 2 N–H and O–H groups in total. The number of carboxylic acids is 1. The van der Waals surface area contributed by atoms with E-state index in [2.05, 4.69) is 26.5 Å². The maximum absolute atomic E-state index is 12.7. The molecule has 0 heterocycles. The maximum atomic E-state index is 12.7. The Bertz CT molecular complexity index is 1160. The van der Waals surface area contributed by atoms with Gasteiger partial charge in [0.25, 0.3) is 0 Å². The van der Waals surface area contributed by atoms with Crippen molar-refractivity contribution in [2.24, 2.45) is 5.10 Å². The Kier molecular flexibility index (Phi) is 8.17. The first-order valence-electron chi connectivity index (χ1n) is 10.0. The van der Waals surface area contributed by atoms with Crippen molar-refractivity contribution in [3.05, 3.63) is 87.4 Å². The van der Waals surface area contributed by atoms with Crippen molar-refractivity contribution < 1.29 is 32.5 Å². The van der Waals surface area contributed by atoms with Crippen LogP contribution >= 0.6 is 15.9 Å². The molecule has 0 aliphatic heterocycles. The summed E-state index contributed by atoms with van der Waals surface area (Å²) >= 11 is 3.46. The summed E-state index contributed by atoms with van der Waals surface area (Å²) < 4.78 is 50.2. The Labute approximate surface area is 202 Å². The monoisotopic (exact) mass is 536 g/mol. The molecule has 0 aliphatic rings. The van der Waals surface area contributed by atoms with Gasteiger partial charge in [-0.15, -0.1) is 0 Å². The van der Waals surface area contributed by atoms with Crippen molar-refractivity contribution >= 4 is 33.8 Å². The number of anilines is 1. The summed E-state index contributed by atoms with van der Waals surface area (Å²) in [6, 6.07) is 14.4. The first kappa shape index (κ1) is 25.1. The molecule has 34 heavy (non-hydrogen) atoms. The summed E-state index contributed by atoms with van der Waals surface area (Å²) in [5.74, 6) is -0.0640. The van der Waals surface area contributed by atoms with E-state index < -0.39 is 17.7 Å². The number of hydrogen-bond acceptors (Lipinski definition) is 5. The van der Waals surface area contributed by atoms with E-state index in [1.807, 2.05) is 6.92 Å². The molecule has 0 saturated heterocycles. The number of nitrogens with zero attached hydrogens (tertiary/aromatic N) is 1. The molecule has 0 radical (unpaired) electrons. The van der Waals surface area contributed by atoms with Crippen LogP contribution < -0.4 is 14.9 Å². The molecule has 0 amide bonds. The molecule has 0 unspecified atom stereocenters. The first-order valence-corrected chi connectivity index (χ1v) is 10.8. The summed E-state index contributed by atoms with van der Waals surface area (Å²) in [6.45, 7) is 2.41. The highest BCUT2D eigenvalue weighted by Crippen LogP contribution is 2.37. The van der Waals surface area contributed by atoms with Crippen LogP contribution in [-0.2, 0) is 12.8 Å². The second kappa shape index (κ2) is 11.1. The third-order valence-electron chi connectivity index (χ3n) is 4.54. The average Bonchev–Trinajstić information content (AvgIpc) is 2.79. The van der Waals surface area contributed by atoms with Crippen molar-refractivity contribution in [3.63, 3.8) is 0 Å². The second-order valence-corrected chi connectivity index (χ2v) is 7.85. The van der Waals surface area contributed by atoms with Gasteiger partial charge in [0.15, 0.2) is 11.5 Å². The van der Waals surface area contributed by atoms with E-state index in [0.29, 0.717) is 33.8 Å². The van der Waals surface area contributed by atoms with Gasteiger partial charge in [-0.1, -0.05) is 12.1 Å². The highest BCUT2D eigenvalue weighted by molar-refractivity contribution is 9.10. The Morgan fingerprint density at radius 1 is 1.09 bits per heavy atom. The molecule has 0 fully saturated rings. The summed E-state index contributed by atoms with van der Waals surface area (Å²) in [7, 11) is 0. The van der Waals surface area contributed by atoms with Crippen molar-refractivity contribution in [2.45, 2.75) is 19.7 Å². The largest absolute Gasteiger partial charge is 0.490 e. The van der Waals surface area contributed by atoms with Crippen LogP contribution in [0.3, 0.4) is 0 Å². The quantitative estimate of drug-likeness (QED) is 0.238. The predicted octanol–water partition coefficient (Wildman–Crippen LogP) is 6.59. The molecule has 0 aliphatic carbocycles. The van der Waals surface area contributed by atoms with Gasteiger partial charge in [-0.05, 0) is 82.5 Å². The molecule has 3 rings (SSSR count). The molecule has 0 bridgehead atoms. The summed E-state index contributed by atoms with van der Waals surface area (Å²) in [5, 5.41) is 13.1. The molecular weight excluding hydrogens is 517 g/mol. The Balaban J connectivity index is 1.70. The highest BCUT2D eigenvalue weighted by atomic mass is 79.9. The van der Waals surface area contributed by atoms with E-state index in [0.717, 1.165) is 17.7 Å². The van der Waals surface area contributed by atoms with Gasteiger partial charge in [0.05, 0.1) is 34.1 Å². The standard InChI is InChI=1S/C24H20BrF3N2O4/c1-2-33-21-12-16(13-29-30-19-9-7-18(8-10-19)24(26,27)28)11-20(25)22(21)34-14-15-3-5-17(6-4-15)23(31)32/h3-13,30H,2,14H2,1H3,(H,31,32)/b29-13+. The van der Waals surface area contributed by atoms with Gasteiger partial charge in [0, 0.05) is 0 Å². The second-order valence-electron chi connectivity index (χ2n) is 7.00. The van der Waals surface area contributed by atoms with Crippen molar-refractivity contribution in [3.8, 4) is 11.5 Å². The van der Waals surface area contributed by atoms with E-state index >= 15 is 0 Å². The number of carbonyl (C=O) groups is 1. The normalized spacial score (nSPS) is 11.4.